The zero-order valence-electron chi connectivity index (χ0n) is 10.0. The third-order valence-electron chi connectivity index (χ3n) is 2.11. The first kappa shape index (κ1) is 14.4. The van der Waals surface area contributed by atoms with E-state index in [0.29, 0.717) is 0 Å². The van der Waals surface area contributed by atoms with Gasteiger partial charge in [-0.3, -0.25) is 0 Å². The van der Waals surface area contributed by atoms with E-state index in [0.717, 1.165) is 0 Å². The maximum absolute atomic E-state index is 11.7. The Hall–Kier alpha value is -1.67. The molecule has 1 saturated heterocycles. The Labute approximate surface area is 103 Å². The molecule has 0 aromatic heterocycles. The second-order valence-electron chi connectivity index (χ2n) is 3.31. The van der Waals surface area contributed by atoms with Crippen LogP contribution in [0.15, 0.2) is 0 Å². The van der Waals surface area contributed by atoms with Crippen molar-refractivity contribution in [3.8, 4) is 0 Å². The van der Waals surface area contributed by atoms with E-state index in [2.05, 4.69) is 9.47 Å². The minimum atomic E-state index is -2.44. The Kier molecular flexibility index (Phi) is 4.62. The van der Waals surface area contributed by atoms with E-state index in [1.807, 2.05) is 0 Å². The SMILES string of the molecule is CCOC(=O)C1(C(=O)OCC)OC[C@@H](C(=O)O)O1. The molecule has 0 aromatic carbocycles. The molecular formula is C10H14O8. The zero-order valence-corrected chi connectivity index (χ0v) is 10.0. The van der Waals surface area contributed by atoms with Gasteiger partial charge in [-0.15, -0.1) is 0 Å². The molecule has 1 atom stereocenters. The van der Waals surface area contributed by atoms with Crippen molar-refractivity contribution in [1.82, 2.24) is 0 Å². The van der Waals surface area contributed by atoms with Gasteiger partial charge >= 0.3 is 23.7 Å². The van der Waals surface area contributed by atoms with Gasteiger partial charge in [0.15, 0.2) is 6.10 Å². The van der Waals surface area contributed by atoms with Gasteiger partial charge in [0.25, 0.3) is 0 Å². The summed E-state index contributed by atoms with van der Waals surface area (Å²) in [6.45, 7) is 2.60. The van der Waals surface area contributed by atoms with E-state index in [4.69, 9.17) is 14.6 Å². The standard InChI is InChI=1S/C10H14O8/c1-3-15-8(13)10(9(14)16-4-2)17-5-6(18-10)7(11)12/h6H,3-5H2,1-2H3,(H,11,12)/t6-/m0/s1. The lowest BCUT2D eigenvalue weighted by Gasteiger charge is -2.22. The van der Waals surface area contributed by atoms with Gasteiger partial charge in [0.05, 0.1) is 19.8 Å². The average Bonchev–Trinajstić information content (AvgIpc) is 2.76. The monoisotopic (exact) mass is 262 g/mol. The highest BCUT2D eigenvalue weighted by Crippen LogP contribution is 2.27. The van der Waals surface area contributed by atoms with Crippen molar-refractivity contribution in [1.29, 1.82) is 0 Å². The molecule has 18 heavy (non-hydrogen) atoms. The topological polar surface area (TPSA) is 108 Å². The molecule has 0 unspecified atom stereocenters. The number of ether oxygens (including phenoxy) is 4. The second-order valence-corrected chi connectivity index (χ2v) is 3.31. The van der Waals surface area contributed by atoms with Crippen LogP contribution < -0.4 is 0 Å². The Morgan fingerprint density at radius 2 is 1.72 bits per heavy atom. The second kappa shape index (κ2) is 5.78. The van der Waals surface area contributed by atoms with Gasteiger partial charge in [0.2, 0.25) is 0 Å². The number of hydrogen-bond donors (Lipinski definition) is 1. The molecule has 1 fully saturated rings. The summed E-state index contributed by atoms with van der Waals surface area (Å²) < 4.78 is 19.0. The Balaban J connectivity index is 2.93. The summed E-state index contributed by atoms with van der Waals surface area (Å²) in [5.41, 5.74) is 0. The number of carbonyl (C=O) groups excluding carboxylic acids is 2. The fraction of sp³-hybridized carbons (Fsp3) is 0.700. The quantitative estimate of drug-likeness (QED) is 0.512. The van der Waals surface area contributed by atoms with E-state index in [1.54, 1.807) is 0 Å². The normalized spacial score (nSPS) is 21.3. The van der Waals surface area contributed by atoms with Crippen LogP contribution in [0.3, 0.4) is 0 Å². The molecule has 0 spiro atoms. The third kappa shape index (κ3) is 2.59. The molecule has 8 nitrogen and oxygen atoms in total. The van der Waals surface area contributed by atoms with Gasteiger partial charge in [-0.05, 0) is 13.8 Å². The fourth-order valence-corrected chi connectivity index (χ4v) is 1.33. The van der Waals surface area contributed by atoms with Crippen LogP contribution in [-0.4, -0.2) is 54.7 Å². The van der Waals surface area contributed by atoms with Crippen molar-refractivity contribution >= 4 is 17.9 Å². The van der Waals surface area contributed by atoms with Gasteiger partial charge in [0, 0.05) is 0 Å². The van der Waals surface area contributed by atoms with Crippen molar-refractivity contribution in [2.45, 2.75) is 25.7 Å². The molecule has 1 heterocycles. The van der Waals surface area contributed by atoms with Gasteiger partial charge in [-0.25, -0.2) is 14.4 Å². The number of aliphatic carboxylic acids is 1. The zero-order chi connectivity index (χ0) is 13.8. The Morgan fingerprint density at radius 3 is 2.06 bits per heavy atom. The van der Waals surface area contributed by atoms with Gasteiger partial charge in [-0.1, -0.05) is 0 Å². The van der Waals surface area contributed by atoms with Gasteiger partial charge in [0.1, 0.15) is 0 Å². The summed E-state index contributed by atoms with van der Waals surface area (Å²) in [5, 5.41) is 8.76. The van der Waals surface area contributed by atoms with Crippen molar-refractivity contribution in [2.24, 2.45) is 0 Å². The number of rotatable bonds is 5. The predicted molar refractivity (Wildman–Crippen MR) is 54.5 cm³/mol. The van der Waals surface area contributed by atoms with Crippen LogP contribution >= 0.6 is 0 Å². The van der Waals surface area contributed by atoms with E-state index < -0.39 is 36.4 Å². The highest BCUT2D eigenvalue weighted by atomic mass is 16.8. The molecule has 0 saturated carbocycles. The van der Waals surface area contributed by atoms with Crippen molar-refractivity contribution in [3.05, 3.63) is 0 Å². The maximum Gasteiger partial charge on any atom is 0.379 e. The van der Waals surface area contributed by atoms with Gasteiger partial charge in [-0.2, -0.15) is 0 Å². The molecule has 0 aromatic rings. The first-order valence-corrected chi connectivity index (χ1v) is 5.37. The highest BCUT2D eigenvalue weighted by Gasteiger charge is 2.59. The number of hydrogen-bond acceptors (Lipinski definition) is 7. The van der Waals surface area contributed by atoms with E-state index in [9.17, 15) is 14.4 Å². The Bertz CT molecular complexity index is 332. The van der Waals surface area contributed by atoms with Crippen molar-refractivity contribution in [2.75, 3.05) is 19.8 Å². The van der Waals surface area contributed by atoms with E-state index >= 15 is 0 Å². The van der Waals surface area contributed by atoms with Crippen LogP contribution in [0, 0.1) is 0 Å². The first-order valence-electron chi connectivity index (χ1n) is 5.37. The minimum Gasteiger partial charge on any atom is -0.479 e. The van der Waals surface area contributed by atoms with E-state index in [-0.39, 0.29) is 13.2 Å². The lowest BCUT2D eigenvalue weighted by atomic mass is 10.3. The molecule has 1 aliphatic rings. The van der Waals surface area contributed by atoms with E-state index in [1.165, 1.54) is 13.8 Å². The number of esters is 2. The largest absolute Gasteiger partial charge is 0.479 e. The minimum absolute atomic E-state index is 0.00948. The van der Waals surface area contributed by atoms with Crippen LogP contribution in [0.4, 0.5) is 0 Å². The summed E-state index contributed by atoms with van der Waals surface area (Å²) in [5.74, 6) is -6.01. The summed E-state index contributed by atoms with van der Waals surface area (Å²) >= 11 is 0. The molecule has 8 heteroatoms. The molecule has 1 rings (SSSR count). The van der Waals surface area contributed by atoms with Crippen molar-refractivity contribution < 1.29 is 38.4 Å². The molecule has 1 aliphatic heterocycles. The summed E-state index contributed by atoms with van der Waals surface area (Å²) in [6, 6.07) is 0. The fourth-order valence-electron chi connectivity index (χ4n) is 1.33. The highest BCUT2D eigenvalue weighted by molar-refractivity contribution is 6.02. The van der Waals surface area contributed by atoms with Crippen molar-refractivity contribution in [3.63, 3.8) is 0 Å². The predicted octanol–water partition coefficient (Wildman–Crippen LogP) is -0.691. The summed E-state index contributed by atoms with van der Waals surface area (Å²) in [6.07, 6.45) is -1.42. The van der Waals surface area contributed by atoms with Crippen LogP contribution in [-0.2, 0) is 33.3 Å². The smallest absolute Gasteiger partial charge is 0.379 e. The molecule has 0 aliphatic carbocycles. The maximum atomic E-state index is 11.7. The van der Waals surface area contributed by atoms with Crippen LogP contribution in [0.5, 0.6) is 0 Å². The number of carbonyl (C=O) groups is 3. The molecule has 0 amide bonds. The molecule has 1 N–H and O–H groups in total. The summed E-state index contributed by atoms with van der Waals surface area (Å²) in [4.78, 5) is 34.1. The Morgan fingerprint density at radius 1 is 1.22 bits per heavy atom. The average molecular weight is 262 g/mol. The molecule has 0 bridgehead atoms. The first-order chi connectivity index (χ1) is 8.47. The lowest BCUT2D eigenvalue weighted by molar-refractivity contribution is -0.225. The number of carboxylic acid groups (broad SMARTS) is 1. The third-order valence-corrected chi connectivity index (χ3v) is 2.11. The van der Waals surface area contributed by atoms with Crippen LogP contribution in [0.2, 0.25) is 0 Å². The lowest BCUT2D eigenvalue weighted by Crippen LogP contribution is -2.50. The molecule has 102 valence electrons. The van der Waals surface area contributed by atoms with Crippen LogP contribution in [0.25, 0.3) is 0 Å². The molecular weight excluding hydrogens is 248 g/mol. The van der Waals surface area contributed by atoms with Crippen LogP contribution in [0.1, 0.15) is 13.8 Å². The summed E-state index contributed by atoms with van der Waals surface area (Å²) in [7, 11) is 0. The van der Waals surface area contributed by atoms with Gasteiger partial charge < -0.3 is 24.1 Å². The number of carboxylic acids is 1. The molecule has 0 radical (unpaired) electrons.